The van der Waals surface area contributed by atoms with Gasteiger partial charge in [-0.05, 0) is 80.7 Å². The van der Waals surface area contributed by atoms with E-state index in [1.165, 1.54) is 6.07 Å². The van der Waals surface area contributed by atoms with Crippen LogP contribution in [-0.2, 0) is 28.5 Å². The Balaban J connectivity index is 1.65. The van der Waals surface area contributed by atoms with Crippen LogP contribution in [0.25, 0.3) is 0 Å². The van der Waals surface area contributed by atoms with Crippen LogP contribution >= 0.6 is 35.0 Å². The van der Waals surface area contributed by atoms with E-state index in [1.807, 2.05) is 6.07 Å². The lowest BCUT2D eigenvalue weighted by Crippen LogP contribution is -2.61. The molecule has 5 nitrogen and oxygen atoms in total. The van der Waals surface area contributed by atoms with Crippen LogP contribution in [0.4, 0.5) is 18.0 Å². The van der Waals surface area contributed by atoms with Gasteiger partial charge in [-0.3, -0.25) is 0 Å². The monoisotopic (exact) mass is 565 g/mol. The number of alkyl halides is 3. The van der Waals surface area contributed by atoms with Crippen molar-refractivity contribution in [2.45, 2.75) is 61.9 Å². The van der Waals surface area contributed by atoms with Crippen molar-refractivity contribution in [3.05, 3.63) is 63.1 Å². The molecule has 1 heterocycles. The van der Waals surface area contributed by atoms with Crippen LogP contribution in [0.2, 0.25) is 10.0 Å². The molecule has 2 aromatic carbocycles. The number of ether oxygens (including phenoxy) is 2. The highest BCUT2D eigenvalue weighted by atomic mass is 35.5. The van der Waals surface area contributed by atoms with Gasteiger partial charge in [0.1, 0.15) is 0 Å². The van der Waals surface area contributed by atoms with Gasteiger partial charge in [-0.2, -0.15) is 13.2 Å². The molecule has 1 saturated heterocycles. The topological polar surface area (TPSA) is 67.8 Å². The molecule has 0 unspecified atom stereocenters. The molecule has 2 aromatic rings. The summed E-state index contributed by atoms with van der Waals surface area (Å²) in [7, 11) is 0. The van der Waals surface area contributed by atoms with E-state index in [-0.39, 0.29) is 31.0 Å². The summed E-state index contributed by atoms with van der Waals surface area (Å²) < 4.78 is 52.8. The quantitative estimate of drug-likeness (QED) is 0.244. The first-order valence-corrected chi connectivity index (χ1v) is 13.1. The number of benzene rings is 2. The first-order valence-electron chi connectivity index (χ1n) is 11.3. The first-order chi connectivity index (χ1) is 16.8. The van der Waals surface area contributed by atoms with Gasteiger partial charge in [0, 0.05) is 4.90 Å². The minimum atomic E-state index is -4.51. The maximum absolute atomic E-state index is 13.8. The summed E-state index contributed by atoms with van der Waals surface area (Å²) in [5, 5.41) is 12.6. The van der Waals surface area contributed by atoms with Crippen LogP contribution < -0.4 is 5.32 Å². The van der Waals surface area contributed by atoms with Gasteiger partial charge in [-0.25, -0.2) is 4.79 Å². The Morgan fingerprint density at radius 3 is 2.31 bits per heavy atom. The number of nitrogens with one attached hydrogen (secondary N) is 1. The van der Waals surface area contributed by atoms with Crippen molar-refractivity contribution in [2.24, 2.45) is 0 Å². The number of carbonyl (C=O) groups is 1. The van der Waals surface area contributed by atoms with Crippen molar-refractivity contribution >= 4 is 41.1 Å². The number of aryl methyl sites for hydroxylation is 2. The van der Waals surface area contributed by atoms with Crippen LogP contribution in [0.1, 0.15) is 43.4 Å². The van der Waals surface area contributed by atoms with E-state index in [1.54, 1.807) is 32.0 Å². The van der Waals surface area contributed by atoms with Gasteiger partial charge in [-0.15, -0.1) is 11.8 Å². The van der Waals surface area contributed by atoms with Crippen LogP contribution in [0, 0.1) is 0 Å². The van der Waals surface area contributed by atoms with Crippen molar-refractivity contribution in [3.8, 4) is 0 Å². The fraction of sp³-hybridized carbons (Fsp3) is 0.480. The first kappa shape index (κ1) is 28.9. The van der Waals surface area contributed by atoms with E-state index in [4.69, 9.17) is 32.7 Å². The zero-order valence-electron chi connectivity index (χ0n) is 19.9. The lowest BCUT2D eigenvalue weighted by Gasteiger charge is -2.43. The predicted octanol–water partition coefficient (Wildman–Crippen LogP) is 7.46. The highest BCUT2D eigenvalue weighted by molar-refractivity contribution is 7.99. The molecule has 2 N–H and O–H groups in total. The fourth-order valence-electron chi connectivity index (χ4n) is 3.83. The Kier molecular flexibility index (Phi) is 9.49. The Morgan fingerprint density at radius 1 is 1.06 bits per heavy atom. The summed E-state index contributed by atoms with van der Waals surface area (Å²) in [6.07, 6.45) is -3.97. The van der Waals surface area contributed by atoms with Crippen LogP contribution in [0.15, 0.2) is 41.3 Å². The van der Waals surface area contributed by atoms with E-state index < -0.39 is 29.2 Å². The van der Waals surface area contributed by atoms with Gasteiger partial charge < -0.3 is 19.9 Å². The number of amides is 1. The fourth-order valence-corrected chi connectivity index (χ4v) is 5.15. The summed E-state index contributed by atoms with van der Waals surface area (Å²) in [5.74, 6) is -0.357. The zero-order valence-corrected chi connectivity index (χ0v) is 22.2. The van der Waals surface area contributed by atoms with Gasteiger partial charge in [0.25, 0.3) is 0 Å². The number of hydrogen-bond acceptors (Lipinski definition) is 4. The van der Waals surface area contributed by atoms with E-state index in [0.717, 1.165) is 23.4 Å². The van der Waals surface area contributed by atoms with Crippen molar-refractivity contribution in [1.82, 2.24) is 5.32 Å². The lowest BCUT2D eigenvalue weighted by atomic mass is 9.91. The maximum atomic E-state index is 13.8. The SMILES string of the molecule is CC1(C)OCC(CCc2ccc(SCCCc3ccc(Cl)c(Cl)c3)c(C(F)(F)F)c2)(NC(=O)O)CO1. The van der Waals surface area contributed by atoms with Crippen LogP contribution in [-0.4, -0.2) is 41.5 Å². The second kappa shape index (κ2) is 11.8. The summed E-state index contributed by atoms with van der Waals surface area (Å²) in [6, 6.07) is 9.60. The standard InChI is InChI=1S/C25H28Cl2F3NO4S/c1-23(2)34-14-24(15-35-23,31-22(32)33)10-9-17-6-8-21(18(12-17)25(28,29)30)36-11-3-4-16-5-7-19(26)20(27)13-16/h5-8,12-13,31H,3-4,9-11,14-15H2,1-2H3,(H,32,33). The largest absolute Gasteiger partial charge is 0.465 e. The van der Waals surface area contributed by atoms with Crippen molar-refractivity contribution < 1.29 is 32.5 Å². The molecular weight excluding hydrogens is 538 g/mol. The third kappa shape index (κ3) is 8.18. The minimum Gasteiger partial charge on any atom is -0.465 e. The predicted molar refractivity (Wildman–Crippen MR) is 135 cm³/mol. The lowest BCUT2D eigenvalue weighted by molar-refractivity contribution is -0.271. The van der Waals surface area contributed by atoms with Crippen LogP contribution in [0.3, 0.4) is 0 Å². The Bertz CT molecular complexity index is 1070. The van der Waals surface area contributed by atoms with Gasteiger partial charge in [-0.1, -0.05) is 35.3 Å². The van der Waals surface area contributed by atoms with E-state index in [0.29, 0.717) is 34.2 Å². The molecular formula is C25H28Cl2F3NO4S. The van der Waals surface area contributed by atoms with Gasteiger partial charge in [0.2, 0.25) is 0 Å². The molecule has 0 atom stereocenters. The highest BCUT2D eigenvalue weighted by Crippen LogP contribution is 2.38. The number of hydrogen-bond donors (Lipinski definition) is 2. The molecule has 198 valence electrons. The van der Waals surface area contributed by atoms with E-state index >= 15 is 0 Å². The molecule has 11 heteroatoms. The summed E-state index contributed by atoms with van der Waals surface area (Å²) in [5.41, 5.74) is -0.312. The number of rotatable bonds is 9. The average Bonchev–Trinajstić information content (AvgIpc) is 2.79. The molecule has 1 amide bonds. The van der Waals surface area contributed by atoms with E-state index in [2.05, 4.69) is 5.32 Å². The number of thioether (sulfide) groups is 1. The molecule has 1 fully saturated rings. The molecule has 36 heavy (non-hydrogen) atoms. The molecule has 0 bridgehead atoms. The molecule has 0 radical (unpaired) electrons. The molecule has 0 aliphatic carbocycles. The molecule has 1 aliphatic heterocycles. The minimum absolute atomic E-state index is 0.0607. The number of halogens is 5. The summed E-state index contributed by atoms with van der Waals surface area (Å²) in [4.78, 5) is 11.5. The van der Waals surface area contributed by atoms with Crippen molar-refractivity contribution in [3.63, 3.8) is 0 Å². The molecule has 3 rings (SSSR count). The van der Waals surface area contributed by atoms with Crippen LogP contribution in [0.5, 0.6) is 0 Å². The Hall–Kier alpha value is -1.65. The van der Waals surface area contributed by atoms with Gasteiger partial charge in [0.15, 0.2) is 5.79 Å². The molecule has 1 aliphatic rings. The normalized spacial score (nSPS) is 17.1. The smallest absolute Gasteiger partial charge is 0.417 e. The third-order valence-electron chi connectivity index (χ3n) is 5.86. The highest BCUT2D eigenvalue weighted by Gasteiger charge is 2.41. The zero-order chi connectivity index (χ0) is 26.6. The summed E-state index contributed by atoms with van der Waals surface area (Å²) in [6.45, 7) is 3.55. The molecule has 0 spiro atoms. The molecule has 0 saturated carbocycles. The summed E-state index contributed by atoms with van der Waals surface area (Å²) >= 11 is 13.1. The Morgan fingerprint density at radius 2 is 1.69 bits per heavy atom. The van der Waals surface area contributed by atoms with E-state index in [9.17, 15) is 23.1 Å². The second-order valence-electron chi connectivity index (χ2n) is 9.22. The second-order valence-corrected chi connectivity index (χ2v) is 11.2. The average molecular weight is 566 g/mol. The molecule has 0 aromatic heterocycles. The van der Waals surface area contributed by atoms with Crippen molar-refractivity contribution in [1.29, 1.82) is 0 Å². The maximum Gasteiger partial charge on any atom is 0.417 e. The Labute approximate surface area is 222 Å². The number of carboxylic acid groups (broad SMARTS) is 1. The van der Waals surface area contributed by atoms with Gasteiger partial charge >= 0.3 is 12.3 Å². The van der Waals surface area contributed by atoms with Crippen molar-refractivity contribution in [2.75, 3.05) is 19.0 Å². The van der Waals surface area contributed by atoms with Gasteiger partial charge in [0.05, 0.1) is 34.4 Å². The third-order valence-corrected chi connectivity index (χ3v) is 7.76.